The zero-order valence-electron chi connectivity index (χ0n) is 24.0. The van der Waals surface area contributed by atoms with Gasteiger partial charge in [-0.15, -0.1) is 0 Å². The van der Waals surface area contributed by atoms with Crippen LogP contribution >= 0.6 is 0 Å². The predicted octanol–water partition coefficient (Wildman–Crippen LogP) is 5.11. The number of aromatic hydroxyl groups is 1. The van der Waals surface area contributed by atoms with Gasteiger partial charge in [-0.3, -0.25) is 14.5 Å². The lowest BCUT2D eigenvalue weighted by molar-refractivity contribution is -0.152. The van der Waals surface area contributed by atoms with Crippen molar-refractivity contribution in [2.24, 2.45) is 0 Å². The number of esters is 1. The number of nitrogens with one attached hydrogen (secondary N) is 2. The number of rotatable bonds is 9. The van der Waals surface area contributed by atoms with Crippen LogP contribution in [0.2, 0.25) is 0 Å². The SMILES string of the molecule is CCOC(=O)C(=O)Nc1cc(C)c(Oc2ccc(O)c(CN(Cc3cccc(F)c3)C3CCCCNC3=O)c2)c(C)c1. The van der Waals surface area contributed by atoms with Crippen LogP contribution in [-0.2, 0) is 32.2 Å². The molecular weight excluding hydrogens is 541 g/mol. The Morgan fingerprint density at radius 1 is 1.07 bits per heavy atom. The zero-order valence-corrected chi connectivity index (χ0v) is 24.0. The lowest BCUT2D eigenvalue weighted by Crippen LogP contribution is -2.45. The van der Waals surface area contributed by atoms with Crippen molar-refractivity contribution in [1.82, 2.24) is 10.2 Å². The van der Waals surface area contributed by atoms with Gasteiger partial charge in [-0.25, -0.2) is 9.18 Å². The minimum absolute atomic E-state index is 0.0473. The summed E-state index contributed by atoms with van der Waals surface area (Å²) < 4.78 is 24.9. The summed E-state index contributed by atoms with van der Waals surface area (Å²) in [4.78, 5) is 38.7. The average molecular weight is 578 g/mol. The van der Waals surface area contributed by atoms with Gasteiger partial charge in [-0.05, 0) is 99.2 Å². The molecule has 2 amide bonds. The van der Waals surface area contributed by atoms with Crippen LogP contribution in [0.25, 0.3) is 0 Å². The third kappa shape index (κ3) is 7.85. The first-order chi connectivity index (χ1) is 20.1. The molecule has 0 spiro atoms. The maximum atomic E-state index is 14.0. The Hall–Kier alpha value is -4.44. The van der Waals surface area contributed by atoms with Gasteiger partial charge >= 0.3 is 11.9 Å². The summed E-state index contributed by atoms with van der Waals surface area (Å²) in [6, 6.07) is 14.1. The molecule has 4 rings (SSSR count). The monoisotopic (exact) mass is 577 g/mol. The second-order valence-electron chi connectivity index (χ2n) is 10.3. The highest BCUT2D eigenvalue weighted by Gasteiger charge is 2.28. The Labute approximate surface area is 244 Å². The van der Waals surface area contributed by atoms with Gasteiger partial charge in [-0.2, -0.15) is 0 Å². The summed E-state index contributed by atoms with van der Waals surface area (Å²) in [6.45, 7) is 6.51. The fourth-order valence-electron chi connectivity index (χ4n) is 5.07. The van der Waals surface area contributed by atoms with E-state index in [4.69, 9.17) is 9.47 Å². The summed E-state index contributed by atoms with van der Waals surface area (Å²) in [5.41, 5.74) is 3.13. The molecule has 222 valence electrons. The number of aryl methyl sites for hydroxylation is 2. The average Bonchev–Trinajstić information content (AvgIpc) is 3.16. The molecule has 10 heteroatoms. The highest BCUT2D eigenvalue weighted by atomic mass is 19.1. The van der Waals surface area contributed by atoms with Crippen LogP contribution in [0, 0.1) is 19.7 Å². The largest absolute Gasteiger partial charge is 0.508 e. The molecule has 1 saturated heterocycles. The van der Waals surface area contributed by atoms with E-state index in [0.717, 1.165) is 18.4 Å². The number of nitrogens with zero attached hydrogens (tertiary/aromatic N) is 1. The van der Waals surface area contributed by atoms with Crippen LogP contribution in [0.4, 0.5) is 10.1 Å². The molecule has 9 nitrogen and oxygen atoms in total. The number of halogens is 1. The van der Waals surface area contributed by atoms with E-state index in [1.807, 2.05) is 24.8 Å². The molecule has 0 bridgehead atoms. The van der Waals surface area contributed by atoms with Crippen LogP contribution in [0.5, 0.6) is 17.2 Å². The Morgan fingerprint density at radius 3 is 2.55 bits per heavy atom. The first kappa shape index (κ1) is 30.5. The number of amides is 2. The highest BCUT2D eigenvalue weighted by Crippen LogP contribution is 2.34. The number of anilines is 1. The molecule has 0 aromatic heterocycles. The Balaban J connectivity index is 1.57. The smallest absolute Gasteiger partial charge is 0.397 e. The Morgan fingerprint density at radius 2 is 1.83 bits per heavy atom. The first-order valence-electron chi connectivity index (χ1n) is 14.0. The van der Waals surface area contributed by atoms with Crippen molar-refractivity contribution in [3.63, 3.8) is 0 Å². The molecule has 1 fully saturated rings. The van der Waals surface area contributed by atoms with E-state index >= 15 is 0 Å². The Kier molecular flexibility index (Phi) is 10.1. The van der Waals surface area contributed by atoms with E-state index in [0.29, 0.717) is 53.4 Å². The standard InChI is InChI=1S/C32H36FN3O6/c1-4-41-32(40)31(39)35-25-14-20(2)29(21(3)15-25)42-26-11-12-28(37)23(17-26)19-36(18-22-8-7-9-24(33)16-22)27-10-5-6-13-34-30(27)38/h7-9,11-12,14-17,27,37H,4-6,10,13,18-19H2,1-3H3,(H,34,38)(H,35,39). The molecule has 0 aliphatic carbocycles. The fraction of sp³-hybridized carbons (Fsp3) is 0.344. The van der Waals surface area contributed by atoms with Crippen molar-refractivity contribution in [2.75, 3.05) is 18.5 Å². The fourth-order valence-corrected chi connectivity index (χ4v) is 5.07. The van der Waals surface area contributed by atoms with Gasteiger partial charge in [0.25, 0.3) is 0 Å². The number of phenols is 1. The molecule has 1 aliphatic heterocycles. The number of phenolic OH excluding ortho intramolecular Hbond substituents is 1. The second kappa shape index (κ2) is 14.0. The van der Waals surface area contributed by atoms with Crippen molar-refractivity contribution >= 4 is 23.5 Å². The number of benzene rings is 3. The third-order valence-electron chi connectivity index (χ3n) is 7.05. The lowest BCUT2D eigenvalue weighted by Gasteiger charge is -2.30. The molecule has 42 heavy (non-hydrogen) atoms. The molecule has 1 heterocycles. The second-order valence-corrected chi connectivity index (χ2v) is 10.3. The summed E-state index contributed by atoms with van der Waals surface area (Å²) in [5, 5.41) is 16.3. The first-order valence-corrected chi connectivity index (χ1v) is 14.0. The summed E-state index contributed by atoms with van der Waals surface area (Å²) in [6.07, 6.45) is 2.40. The molecule has 0 saturated carbocycles. The van der Waals surface area contributed by atoms with E-state index in [1.54, 1.807) is 37.3 Å². The van der Waals surface area contributed by atoms with E-state index in [2.05, 4.69) is 10.6 Å². The van der Waals surface area contributed by atoms with Crippen LogP contribution in [0.1, 0.15) is 48.4 Å². The highest BCUT2D eigenvalue weighted by molar-refractivity contribution is 6.37. The van der Waals surface area contributed by atoms with Gasteiger partial charge < -0.3 is 25.2 Å². The number of hydrogen-bond acceptors (Lipinski definition) is 7. The number of ether oxygens (including phenoxy) is 2. The van der Waals surface area contributed by atoms with E-state index in [-0.39, 0.29) is 30.6 Å². The predicted molar refractivity (Wildman–Crippen MR) is 156 cm³/mol. The summed E-state index contributed by atoms with van der Waals surface area (Å²) in [7, 11) is 0. The van der Waals surface area contributed by atoms with Crippen molar-refractivity contribution in [1.29, 1.82) is 0 Å². The molecule has 1 atom stereocenters. The van der Waals surface area contributed by atoms with E-state index in [1.165, 1.54) is 18.2 Å². The van der Waals surface area contributed by atoms with E-state index in [9.17, 15) is 23.9 Å². The van der Waals surface area contributed by atoms with Crippen molar-refractivity contribution < 1.29 is 33.4 Å². The number of carbonyl (C=O) groups excluding carboxylic acids is 3. The number of carbonyl (C=O) groups is 3. The van der Waals surface area contributed by atoms with Crippen molar-refractivity contribution in [2.45, 2.75) is 59.2 Å². The molecule has 1 unspecified atom stereocenters. The zero-order chi connectivity index (χ0) is 30.2. The van der Waals surface area contributed by atoms with Crippen molar-refractivity contribution in [3.05, 3.63) is 82.7 Å². The van der Waals surface area contributed by atoms with Crippen LogP contribution < -0.4 is 15.4 Å². The third-order valence-corrected chi connectivity index (χ3v) is 7.05. The number of hydrogen-bond donors (Lipinski definition) is 3. The maximum Gasteiger partial charge on any atom is 0.397 e. The Bertz CT molecular complexity index is 1440. The van der Waals surface area contributed by atoms with Gasteiger partial charge in [0, 0.05) is 30.9 Å². The maximum absolute atomic E-state index is 14.0. The minimum atomic E-state index is -0.961. The quantitative estimate of drug-likeness (QED) is 0.239. The van der Waals surface area contributed by atoms with Gasteiger partial charge in [0.15, 0.2) is 0 Å². The lowest BCUT2D eigenvalue weighted by atomic mass is 10.0. The van der Waals surface area contributed by atoms with Crippen molar-refractivity contribution in [3.8, 4) is 17.2 Å². The molecule has 3 aromatic carbocycles. The van der Waals surface area contributed by atoms with Crippen LogP contribution in [-0.4, -0.2) is 47.0 Å². The molecule has 0 radical (unpaired) electrons. The van der Waals surface area contributed by atoms with Gasteiger partial charge in [0.1, 0.15) is 23.1 Å². The molecular formula is C32H36FN3O6. The topological polar surface area (TPSA) is 117 Å². The van der Waals surface area contributed by atoms with E-state index < -0.39 is 17.9 Å². The molecule has 3 aromatic rings. The van der Waals surface area contributed by atoms with Crippen LogP contribution in [0.15, 0.2) is 54.6 Å². The molecule has 1 aliphatic rings. The van der Waals surface area contributed by atoms with Crippen LogP contribution in [0.3, 0.4) is 0 Å². The van der Waals surface area contributed by atoms with Gasteiger partial charge in [0.2, 0.25) is 5.91 Å². The van der Waals surface area contributed by atoms with Gasteiger partial charge in [0.05, 0.1) is 12.6 Å². The summed E-state index contributed by atoms with van der Waals surface area (Å²) in [5.74, 6) is -1.19. The van der Waals surface area contributed by atoms with Gasteiger partial charge in [-0.1, -0.05) is 12.1 Å². The molecule has 3 N–H and O–H groups in total. The minimum Gasteiger partial charge on any atom is -0.508 e. The summed E-state index contributed by atoms with van der Waals surface area (Å²) >= 11 is 0. The normalized spacial score (nSPS) is 15.1.